The molecule has 0 unspecified atom stereocenters. The molecule has 2 heterocycles. The van der Waals surface area contributed by atoms with Gasteiger partial charge in [0.05, 0.1) is 6.54 Å². The van der Waals surface area contributed by atoms with Gasteiger partial charge in [0.15, 0.2) is 4.47 Å². The molecular weight excluding hydrogens is 388 g/mol. The highest BCUT2D eigenvalue weighted by molar-refractivity contribution is 9.10. The van der Waals surface area contributed by atoms with Crippen molar-refractivity contribution >= 4 is 44.6 Å². The second-order valence-electron chi connectivity index (χ2n) is 4.55. The Kier molecular flexibility index (Phi) is 4.83. The van der Waals surface area contributed by atoms with Gasteiger partial charge >= 0.3 is 0 Å². The molecule has 2 N–H and O–H groups in total. The molecule has 3 aromatic rings. The van der Waals surface area contributed by atoms with Crippen LogP contribution in [0.5, 0.6) is 0 Å². The van der Waals surface area contributed by atoms with Crippen molar-refractivity contribution in [2.75, 3.05) is 5.32 Å². The van der Waals surface area contributed by atoms with Gasteiger partial charge in [0, 0.05) is 26.8 Å². The van der Waals surface area contributed by atoms with Gasteiger partial charge in [-0.3, -0.25) is 0 Å². The number of hydrogen-bond acceptors (Lipinski definition) is 5. The third-order valence-electron chi connectivity index (χ3n) is 3.04. The Balaban J connectivity index is 1.74. The minimum absolute atomic E-state index is 0.103. The first-order chi connectivity index (χ1) is 10.7. The fourth-order valence-electron chi connectivity index (χ4n) is 1.99. The summed E-state index contributed by atoms with van der Waals surface area (Å²) in [5.74, 6) is 1.27. The van der Waals surface area contributed by atoms with Gasteiger partial charge in [-0.15, -0.1) is 11.3 Å². The quantitative estimate of drug-likeness (QED) is 0.639. The van der Waals surface area contributed by atoms with Crippen LogP contribution in [-0.4, -0.2) is 10.1 Å². The second kappa shape index (κ2) is 6.83. The Bertz CT molecular complexity index is 787. The van der Waals surface area contributed by atoms with Crippen LogP contribution < -0.4 is 5.32 Å². The molecule has 7 heteroatoms. The van der Waals surface area contributed by atoms with E-state index in [1.165, 1.54) is 11.3 Å². The number of benzene rings is 1. The zero-order chi connectivity index (χ0) is 15.5. The van der Waals surface area contributed by atoms with Crippen molar-refractivity contribution < 1.29 is 9.52 Å². The average molecular weight is 400 g/mol. The van der Waals surface area contributed by atoms with Gasteiger partial charge in [0.25, 0.3) is 0 Å². The molecule has 0 spiro atoms. The normalized spacial score (nSPS) is 10.9. The molecule has 0 atom stereocenters. The van der Waals surface area contributed by atoms with E-state index in [2.05, 4.69) is 26.2 Å². The smallest absolute Gasteiger partial charge is 0.183 e. The van der Waals surface area contributed by atoms with Crippen molar-refractivity contribution in [1.82, 2.24) is 4.98 Å². The molecule has 0 amide bonds. The van der Waals surface area contributed by atoms with Crippen molar-refractivity contribution in [2.45, 2.75) is 13.2 Å². The van der Waals surface area contributed by atoms with Crippen LogP contribution in [0.4, 0.5) is 5.69 Å². The number of thiazole rings is 1. The highest BCUT2D eigenvalue weighted by Crippen LogP contribution is 2.32. The van der Waals surface area contributed by atoms with Gasteiger partial charge in [0.2, 0.25) is 0 Å². The summed E-state index contributed by atoms with van der Waals surface area (Å²) in [4.78, 5) is 5.09. The number of hydrogen-bond donors (Lipinski definition) is 2. The van der Waals surface area contributed by atoms with Crippen molar-refractivity contribution in [1.29, 1.82) is 0 Å². The lowest BCUT2D eigenvalue weighted by atomic mass is 10.1. The minimum atomic E-state index is -0.103. The first kappa shape index (κ1) is 15.6. The maximum absolute atomic E-state index is 9.06. The molecule has 0 bridgehead atoms. The average Bonchev–Trinajstić information content (AvgIpc) is 3.14. The Hall–Kier alpha value is -1.34. The van der Waals surface area contributed by atoms with Crippen LogP contribution in [0.1, 0.15) is 10.6 Å². The predicted octanol–water partition coefficient (Wildman–Crippen LogP) is 4.92. The lowest BCUT2D eigenvalue weighted by Gasteiger charge is -2.07. The third kappa shape index (κ3) is 3.52. The van der Waals surface area contributed by atoms with Crippen LogP contribution >= 0.6 is 38.9 Å². The van der Waals surface area contributed by atoms with Gasteiger partial charge in [-0.05, 0) is 46.3 Å². The molecule has 114 valence electrons. The molecule has 0 fully saturated rings. The van der Waals surface area contributed by atoms with E-state index in [4.69, 9.17) is 21.1 Å². The fourth-order valence-corrected chi connectivity index (χ4v) is 3.48. The maximum atomic E-state index is 9.06. The van der Waals surface area contributed by atoms with E-state index >= 15 is 0 Å². The Morgan fingerprint density at radius 3 is 2.82 bits per heavy atom. The van der Waals surface area contributed by atoms with E-state index in [9.17, 15) is 0 Å². The Morgan fingerprint density at radius 2 is 2.18 bits per heavy atom. The van der Waals surface area contributed by atoms with Gasteiger partial charge in [-0.25, -0.2) is 4.98 Å². The fraction of sp³-hybridized carbons (Fsp3) is 0.133. The first-order valence-electron chi connectivity index (χ1n) is 6.49. The van der Waals surface area contributed by atoms with Crippen molar-refractivity contribution in [3.8, 4) is 11.3 Å². The highest BCUT2D eigenvalue weighted by atomic mass is 79.9. The van der Waals surface area contributed by atoms with Gasteiger partial charge < -0.3 is 14.8 Å². The van der Waals surface area contributed by atoms with E-state index in [1.54, 1.807) is 12.3 Å². The molecule has 0 radical (unpaired) electrons. The van der Waals surface area contributed by atoms with Crippen LogP contribution in [0.15, 0.2) is 45.4 Å². The number of furan rings is 1. The number of aliphatic hydroxyl groups excluding tert-OH is 1. The summed E-state index contributed by atoms with van der Waals surface area (Å²) >= 11 is 10.8. The van der Waals surface area contributed by atoms with E-state index in [0.29, 0.717) is 16.8 Å². The van der Waals surface area contributed by atoms with Crippen molar-refractivity contribution in [2.24, 2.45) is 0 Å². The summed E-state index contributed by atoms with van der Waals surface area (Å²) < 4.78 is 7.01. The van der Waals surface area contributed by atoms with E-state index in [0.717, 1.165) is 26.4 Å². The Morgan fingerprint density at radius 1 is 1.32 bits per heavy atom. The summed E-state index contributed by atoms with van der Waals surface area (Å²) in [6, 6.07) is 9.54. The van der Waals surface area contributed by atoms with Gasteiger partial charge in [0.1, 0.15) is 18.1 Å². The number of halogens is 2. The molecule has 0 aliphatic rings. The second-order valence-corrected chi connectivity index (χ2v) is 7.10. The van der Waals surface area contributed by atoms with Crippen molar-refractivity contribution in [3.05, 3.63) is 56.1 Å². The lowest BCUT2D eigenvalue weighted by Crippen LogP contribution is -1.97. The minimum Gasteiger partial charge on any atom is -0.459 e. The molecule has 4 nitrogen and oxygen atoms in total. The topological polar surface area (TPSA) is 58.3 Å². The summed E-state index contributed by atoms with van der Waals surface area (Å²) in [5.41, 5.74) is 1.92. The number of nitrogens with zero attached hydrogens (tertiary/aromatic N) is 1. The van der Waals surface area contributed by atoms with E-state index in [1.807, 2.05) is 24.3 Å². The number of aromatic nitrogens is 1. The number of rotatable bonds is 5. The number of nitrogens with one attached hydrogen (secondary N) is 1. The third-order valence-corrected chi connectivity index (χ3v) is 4.82. The lowest BCUT2D eigenvalue weighted by molar-refractivity contribution is 0.248. The molecule has 0 aliphatic carbocycles. The molecule has 3 rings (SSSR count). The van der Waals surface area contributed by atoms with E-state index in [-0.39, 0.29) is 6.61 Å². The summed E-state index contributed by atoms with van der Waals surface area (Å²) in [6.45, 7) is 0.570. The van der Waals surface area contributed by atoms with Crippen LogP contribution in [0.2, 0.25) is 4.47 Å². The zero-order valence-electron chi connectivity index (χ0n) is 11.3. The number of aliphatic hydroxyl groups is 1. The Labute approximate surface area is 144 Å². The monoisotopic (exact) mass is 398 g/mol. The zero-order valence-corrected chi connectivity index (χ0v) is 14.5. The molecule has 0 aliphatic heterocycles. The van der Waals surface area contributed by atoms with Gasteiger partial charge in [-0.1, -0.05) is 11.6 Å². The first-order valence-corrected chi connectivity index (χ1v) is 8.48. The highest BCUT2D eigenvalue weighted by Gasteiger charge is 2.09. The molecule has 0 saturated carbocycles. The maximum Gasteiger partial charge on any atom is 0.183 e. The van der Waals surface area contributed by atoms with Crippen LogP contribution in [-0.2, 0) is 13.2 Å². The molecular formula is C15H12BrClN2O2S. The summed E-state index contributed by atoms with van der Waals surface area (Å²) in [7, 11) is 0. The molecule has 2 aromatic heterocycles. The predicted molar refractivity (Wildman–Crippen MR) is 92.2 cm³/mol. The van der Waals surface area contributed by atoms with Gasteiger partial charge in [-0.2, -0.15) is 0 Å². The van der Waals surface area contributed by atoms with Crippen LogP contribution in [0.3, 0.4) is 0 Å². The van der Waals surface area contributed by atoms with Crippen molar-refractivity contribution in [3.63, 3.8) is 0 Å². The largest absolute Gasteiger partial charge is 0.459 e. The number of anilines is 1. The summed E-state index contributed by atoms with van der Waals surface area (Å²) in [6.07, 6.45) is 1.77. The molecule has 1 aromatic carbocycles. The standard InChI is InChI=1S/C15H12BrClN2O2S/c16-13-5-9(18-6-11-7-19-15(17)22-11)1-3-12(13)14-4-2-10(8-20)21-14/h1-5,7,18,20H,6,8H2. The SMILES string of the molecule is OCc1ccc(-c2ccc(NCc3cnc(Cl)s3)cc2Br)o1. The molecule has 0 saturated heterocycles. The summed E-state index contributed by atoms with van der Waals surface area (Å²) in [5, 5.41) is 12.4. The molecule has 22 heavy (non-hydrogen) atoms. The van der Waals surface area contributed by atoms with Crippen LogP contribution in [0, 0.1) is 0 Å². The van der Waals surface area contributed by atoms with Crippen LogP contribution in [0.25, 0.3) is 11.3 Å². The van der Waals surface area contributed by atoms with E-state index < -0.39 is 0 Å².